The molecule has 0 bridgehead atoms. The molecule has 0 saturated carbocycles. The van der Waals surface area contributed by atoms with E-state index < -0.39 is 5.97 Å². The number of aliphatic carboxylic acids is 1. The van der Waals surface area contributed by atoms with Crippen molar-refractivity contribution in [2.24, 2.45) is 0 Å². The van der Waals surface area contributed by atoms with Crippen molar-refractivity contribution in [1.29, 1.82) is 0 Å². The van der Waals surface area contributed by atoms with Gasteiger partial charge in [-0.3, -0.25) is 0 Å². The molecule has 0 heterocycles. The summed E-state index contributed by atoms with van der Waals surface area (Å²) in [6.07, 6.45) is 1.00. The van der Waals surface area contributed by atoms with Crippen LogP contribution in [0.15, 0.2) is 24.3 Å². The minimum absolute atomic E-state index is 0. The quantitative estimate of drug-likeness (QED) is 0.557. The maximum atomic E-state index is 10.1. The molecule has 84 valence electrons. The van der Waals surface area contributed by atoms with Crippen LogP contribution >= 0.6 is 0 Å². The summed E-state index contributed by atoms with van der Waals surface area (Å²) in [4.78, 5) is 10.1. The van der Waals surface area contributed by atoms with E-state index in [-0.39, 0.29) is 25.5 Å². The van der Waals surface area contributed by atoms with Gasteiger partial charge in [0, 0.05) is 0 Å². The molecule has 0 unspecified atom stereocenters. The monoisotopic (exact) mass is 216 g/mol. The molecule has 1 aromatic carbocycles. The molecular weight excluding hydrogens is 199 g/mol. The predicted octanol–water partition coefficient (Wildman–Crippen LogP) is -0.307. The molecule has 0 saturated heterocycles. The fourth-order valence-electron chi connectivity index (χ4n) is 0.780. The molecule has 0 aliphatic heterocycles. The molecular formula is C12H17LiO3. The molecule has 0 amide bonds. The van der Waals surface area contributed by atoms with Gasteiger partial charge in [0.2, 0.25) is 0 Å². The fraction of sp³-hybridized carbons (Fsp3) is 0.333. The number of hydrogen-bond donors (Lipinski definition) is 1. The van der Waals surface area contributed by atoms with Gasteiger partial charge in [-0.25, -0.2) is 4.79 Å². The van der Waals surface area contributed by atoms with E-state index in [1.165, 1.54) is 0 Å². The van der Waals surface area contributed by atoms with Crippen LogP contribution in [-0.4, -0.2) is 17.7 Å². The van der Waals surface area contributed by atoms with Crippen LogP contribution in [0.5, 0.6) is 5.75 Å². The van der Waals surface area contributed by atoms with E-state index in [1.54, 1.807) is 12.1 Å². The van der Waals surface area contributed by atoms with E-state index >= 15 is 0 Å². The Hall–Kier alpha value is -0.913. The minimum Gasteiger partial charge on any atom is -0.482 e. The SMILES string of the molecule is Cc1ccc(OCC(=O)O)cc1.[CH2-]CC.[Li+]. The number of carboxylic acids is 1. The molecule has 16 heavy (non-hydrogen) atoms. The molecule has 0 aliphatic carbocycles. The summed E-state index contributed by atoms with van der Waals surface area (Å²) in [6, 6.07) is 7.24. The van der Waals surface area contributed by atoms with Gasteiger partial charge in [0.15, 0.2) is 6.61 Å². The average Bonchev–Trinajstić information content (AvgIpc) is 2.18. The van der Waals surface area contributed by atoms with Crippen LogP contribution < -0.4 is 23.6 Å². The number of carbonyl (C=O) groups is 1. The van der Waals surface area contributed by atoms with Crippen molar-refractivity contribution >= 4 is 5.97 Å². The maximum Gasteiger partial charge on any atom is 1.00 e. The van der Waals surface area contributed by atoms with Gasteiger partial charge >= 0.3 is 24.8 Å². The van der Waals surface area contributed by atoms with E-state index in [0.29, 0.717) is 5.75 Å². The second-order valence-corrected chi connectivity index (χ2v) is 3.00. The molecule has 0 aliphatic rings. The van der Waals surface area contributed by atoms with Crippen molar-refractivity contribution in [3.8, 4) is 5.75 Å². The summed E-state index contributed by atoms with van der Waals surface area (Å²) in [5.41, 5.74) is 1.12. The molecule has 1 rings (SSSR count). The van der Waals surface area contributed by atoms with Gasteiger partial charge in [-0.2, -0.15) is 6.42 Å². The number of aryl methyl sites for hydroxylation is 1. The third-order valence-electron chi connectivity index (χ3n) is 1.38. The smallest absolute Gasteiger partial charge is 0.482 e. The van der Waals surface area contributed by atoms with Crippen molar-refractivity contribution in [2.75, 3.05) is 6.61 Å². The molecule has 4 heteroatoms. The number of carboxylic acid groups (broad SMARTS) is 1. The molecule has 0 radical (unpaired) electrons. The van der Waals surface area contributed by atoms with Crippen LogP contribution in [0.25, 0.3) is 0 Å². The van der Waals surface area contributed by atoms with E-state index in [1.807, 2.05) is 26.0 Å². The minimum atomic E-state index is -0.962. The zero-order chi connectivity index (χ0) is 11.7. The topological polar surface area (TPSA) is 46.5 Å². The van der Waals surface area contributed by atoms with Gasteiger partial charge in [0.05, 0.1) is 0 Å². The number of rotatable bonds is 3. The molecule has 0 fully saturated rings. The van der Waals surface area contributed by atoms with Gasteiger partial charge in [-0.15, -0.1) is 0 Å². The Labute approximate surface area is 109 Å². The van der Waals surface area contributed by atoms with Crippen LogP contribution in [0.2, 0.25) is 0 Å². The third kappa shape index (κ3) is 9.64. The van der Waals surface area contributed by atoms with Crippen molar-refractivity contribution in [2.45, 2.75) is 20.3 Å². The van der Waals surface area contributed by atoms with Crippen molar-refractivity contribution in [3.63, 3.8) is 0 Å². The average molecular weight is 216 g/mol. The normalized spacial score (nSPS) is 8.19. The molecule has 1 aromatic rings. The third-order valence-corrected chi connectivity index (χ3v) is 1.38. The zero-order valence-corrected chi connectivity index (χ0v) is 10.2. The summed E-state index contributed by atoms with van der Waals surface area (Å²) in [5, 5.41) is 8.30. The molecule has 0 aromatic heterocycles. The number of ether oxygens (including phenoxy) is 1. The zero-order valence-electron chi connectivity index (χ0n) is 10.2. The Balaban J connectivity index is 0. The standard InChI is InChI=1S/C9H10O3.C3H7.Li/c1-7-2-4-8(5-3-7)12-6-9(10)11;1-3-2;/h2-5H,6H2,1H3,(H,10,11);1,3H2,2H3;/q;-1;+1. The first kappa shape index (κ1) is 17.5. The second kappa shape index (κ2) is 10.6. The summed E-state index contributed by atoms with van der Waals surface area (Å²) in [6.45, 7) is 7.17. The van der Waals surface area contributed by atoms with Gasteiger partial charge in [-0.05, 0) is 19.1 Å². The van der Waals surface area contributed by atoms with E-state index in [2.05, 4.69) is 6.92 Å². The van der Waals surface area contributed by atoms with Crippen LogP contribution in [0.4, 0.5) is 0 Å². The largest absolute Gasteiger partial charge is 1.00 e. The Morgan fingerprint density at radius 1 is 1.38 bits per heavy atom. The first-order valence-electron chi connectivity index (χ1n) is 4.80. The second-order valence-electron chi connectivity index (χ2n) is 3.00. The molecule has 0 spiro atoms. The van der Waals surface area contributed by atoms with Crippen LogP contribution in [0.1, 0.15) is 18.9 Å². The van der Waals surface area contributed by atoms with Gasteiger partial charge in [-0.1, -0.05) is 24.6 Å². The molecule has 1 N–H and O–H groups in total. The fourth-order valence-corrected chi connectivity index (χ4v) is 0.780. The Morgan fingerprint density at radius 2 is 1.81 bits per heavy atom. The summed E-state index contributed by atoms with van der Waals surface area (Å²) in [5.74, 6) is -0.376. The first-order chi connectivity index (χ1) is 7.10. The van der Waals surface area contributed by atoms with E-state index in [0.717, 1.165) is 12.0 Å². The Bertz CT molecular complexity index is 283. The number of benzene rings is 1. The molecule has 0 atom stereocenters. The summed E-state index contributed by atoms with van der Waals surface area (Å²) in [7, 11) is 0. The van der Waals surface area contributed by atoms with Crippen molar-refractivity contribution in [3.05, 3.63) is 36.8 Å². The first-order valence-corrected chi connectivity index (χ1v) is 4.80. The van der Waals surface area contributed by atoms with Crippen LogP contribution in [-0.2, 0) is 4.79 Å². The van der Waals surface area contributed by atoms with Gasteiger partial charge < -0.3 is 16.8 Å². The Kier molecular flexibility index (Phi) is 11.6. The predicted molar refractivity (Wildman–Crippen MR) is 60.0 cm³/mol. The van der Waals surface area contributed by atoms with Gasteiger partial charge in [0.1, 0.15) is 5.75 Å². The maximum absolute atomic E-state index is 10.1. The molecule has 3 nitrogen and oxygen atoms in total. The van der Waals surface area contributed by atoms with Gasteiger partial charge in [0.25, 0.3) is 0 Å². The van der Waals surface area contributed by atoms with Crippen LogP contribution in [0, 0.1) is 13.8 Å². The Morgan fingerprint density at radius 3 is 2.19 bits per heavy atom. The van der Waals surface area contributed by atoms with E-state index in [9.17, 15) is 4.79 Å². The van der Waals surface area contributed by atoms with Crippen molar-refractivity contribution in [1.82, 2.24) is 0 Å². The number of hydrogen-bond acceptors (Lipinski definition) is 2. The van der Waals surface area contributed by atoms with Crippen molar-refractivity contribution < 1.29 is 33.5 Å². The van der Waals surface area contributed by atoms with Crippen LogP contribution in [0.3, 0.4) is 0 Å². The summed E-state index contributed by atoms with van der Waals surface area (Å²) < 4.78 is 4.92. The summed E-state index contributed by atoms with van der Waals surface area (Å²) >= 11 is 0. The van der Waals surface area contributed by atoms with E-state index in [4.69, 9.17) is 9.84 Å².